The Hall–Kier alpha value is -2.63. The number of aromatic amines is 1. The van der Waals surface area contributed by atoms with Gasteiger partial charge in [0.15, 0.2) is 0 Å². The lowest BCUT2D eigenvalue weighted by Crippen LogP contribution is -2.29. The number of benzene rings is 1. The van der Waals surface area contributed by atoms with Gasteiger partial charge in [-0.1, -0.05) is 25.1 Å². The van der Waals surface area contributed by atoms with Crippen LogP contribution < -0.4 is 16.4 Å². The van der Waals surface area contributed by atoms with E-state index in [9.17, 15) is 14.4 Å². The van der Waals surface area contributed by atoms with E-state index in [1.165, 1.54) is 12.1 Å². The molecule has 2 N–H and O–H groups in total. The monoisotopic (exact) mass is 301 g/mol. The number of carbonyl (C=O) groups is 1. The van der Waals surface area contributed by atoms with Crippen LogP contribution in [-0.2, 0) is 17.8 Å². The van der Waals surface area contributed by atoms with Crippen LogP contribution in [0.2, 0.25) is 0 Å². The zero-order valence-corrected chi connectivity index (χ0v) is 12.7. The molecular formula is C16H19N3O3. The van der Waals surface area contributed by atoms with Gasteiger partial charge >= 0.3 is 0 Å². The molecule has 2 aromatic rings. The first-order valence-corrected chi connectivity index (χ1v) is 7.19. The van der Waals surface area contributed by atoms with Crippen molar-refractivity contribution in [2.45, 2.75) is 33.2 Å². The predicted octanol–water partition coefficient (Wildman–Crippen LogP) is 1.44. The summed E-state index contributed by atoms with van der Waals surface area (Å²) in [6.07, 6.45) is 0.931. The van der Waals surface area contributed by atoms with Gasteiger partial charge in [0.2, 0.25) is 5.91 Å². The third kappa shape index (κ3) is 3.72. The van der Waals surface area contributed by atoms with Crippen LogP contribution in [0.4, 0.5) is 5.69 Å². The summed E-state index contributed by atoms with van der Waals surface area (Å²) in [7, 11) is 0. The largest absolute Gasteiger partial charge is 0.326 e. The van der Waals surface area contributed by atoms with Crippen LogP contribution in [0.1, 0.15) is 24.5 Å². The van der Waals surface area contributed by atoms with Crippen molar-refractivity contribution in [1.82, 2.24) is 9.78 Å². The molecule has 0 unspecified atom stereocenters. The maximum Gasteiger partial charge on any atom is 0.265 e. The summed E-state index contributed by atoms with van der Waals surface area (Å²) in [5.41, 5.74) is 2.19. The SMILES string of the molecule is CCc1cccc(C)c1NC(=O)CCn1[nH]c(=O)ccc1=O. The Morgan fingerprint density at radius 1 is 1.23 bits per heavy atom. The Labute approximate surface area is 127 Å². The minimum atomic E-state index is -0.368. The number of nitrogens with one attached hydrogen (secondary N) is 2. The normalized spacial score (nSPS) is 10.5. The highest BCUT2D eigenvalue weighted by atomic mass is 16.2. The van der Waals surface area contributed by atoms with Gasteiger partial charge in [0, 0.05) is 24.2 Å². The molecule has 6 heteroatoms. The molecule has 0 saturated heterocycles. The van der Waals surface area contributed by atoms with Crippen LogP contribution in [0.5, 0.6) is 0 Å². The van der Waals surface area contributed by atoms with Crippen molar-refractivity contribution in [1.29, 1.82) is 0 Å². The Bertz CT molecular complexity index is 790. The number of para-hydroxylation sites is 1. The molecule has 2 rings (SSSR count). The molecular weight excluding hydrogens is 282 g/mol. The van der Waals surface area contributed by atoms with Crippen molar-refractivity contribution < 1.29 is 4.79 Å². The van der Waals surface area contributed by atoms with Gasteiger partial charge in [-0.2, -0.15) is 0 Å². The Kier molecular flexibility index (Phi) is 4.93. The molecule has 6 nitrogen and oxygen atoms in total. The number of anilines is 1. The second kappa shape index (κ2) is 6.89. The minimum absolute atomic E-state index is 0.108. The summed E-state index contributed by atoms with van der Waals surface area (Å²) in [5, 5.41) is 5.29. The van der Waals surface area contributed by atoms with E-state index < -0.39 is 0 Å². The number of rotatable bonds is 5. The van der Waals surface area contributed by atoms with Gasteiger partial charge in [0.05, 0.1) is 6.54 Å². The molecule has 0 radical (unpaired) electrons. The Morgan fingerprint density at radius 2 is 2.00 bits per heavy atom. The van der Waals surface area contributed by atoms with E-state index in [0.717, 1.165) is 27.9 Å². The fraction of sp³-hybridized carbons (Fsp3) is 0.312. The maximum absolute atomic E-state index is 12.1. The Morgan fingerprint density at radius 3 is 2.73 bits per heavy atom. The number of carbonyl (C=O) groups excluding carboxylic acids is 1. The van der Waals surface area contributed by atoms with Gasteiger partial charge in [0.25, 0.3) is 11.1 Å². The molecule has 116 valence electrons. The van der Waals surface area contributed by atoms with Crippen LogP contribution in [0.15, 0.2) is 39.9 Å². The number of aromatic nitrogens is 2. The van der Waals surface area contributed by atoms with Gasteiger partial charge < -0.3 is 5.32 Å². The second-order valence-corrected chi connectivity index (χ2v) is 5.06. The summed E-state index contributed by atoms with van der Waals surface area (Å²) < 4.78 is 1.14. The number of H-pyrrole nitrogens is 1. The third-order valence-corrected chi connectivity index (χ3v) is 3.46. The van der Waals surface area contributed by atoms with Gasteiger partial charge in [0.1, 0.15) is 0 Å². The molecule has 0 fully saturated rings. The molecule has 0 spiro atoms. The highest BCUT2D eigenvalue weighted by Crippen LogP contribution is 2.21. The minimum Gasteiger partial charge on any atom is -0.326 e. The number of amides is 1. The van der Waals surface area contributed by atoms with Crippen molar-refractivity contribution in [2.24, 2.45) is 0 Å². The summed E-state index contributed by atoms with van der Waals surface area (Å²) in [6.45, 7) is 4.10. The van der Waals surface area contributed by atoms with Crippen LogP contribution >= 0.6 is 0 Å². The molecule has 0 bridgehead atoms. The lowest BCUT2D eigenvalue weighted by atomic mass is 10.1. The molecule has 0 aliphatic heterocycles. The molecule has 1 amide bonds. The summed E-state index contributed by atoms with van der Waals surface area (Å²) in [4.78, 5) is 34.8. The maximum atomic E-state index is 12.1. The van der Waals surface area contributed by atoms with Crippen molar-refractivity contribution >= 4 is 11.6 Å². The van der Waals surface area contributed by atoms with E-state index in [-0.39, 0.29) is 30.0 Å². The molecule has 1 aromatic carbocycles. The summed E-state index contributed by atoms with van der Waals surface area (Å²) in [6, 6.07) is 8.22. The zero-order chi connectivity index (χ0) is 16.1. The average molecular weight is 301 g/mol. The lowest BCUT2D eigenvalue weighted by molar-refractivity contribution is -0.116. The third-order valence-electron chi connectivity index (χ3n) is 3.46. The van der Waals surface area contributed by atoms with Gasteiger partial charge in [-0.05, 0) is 24.5 Å². The fourth-order valence-corrected chi connectivity index (χ4v) is 2.25. The number of hydrogen-bond acceptors (Lipinski definition) is 3. The highest BCUT2D eigenvalue weighted by Gasteiger charge is 2.09. The quantitative estimate of drug-likeness (QED) is 0.876. The molecule has 0 atom stereocenters. The van der Waals surface area contributed by atoms with Crippen LogP contribution in [0, 0.1) is 6.92 Å². The van der Waals surface area contributed by atoms with Crippen molar-refractivity contribution in [3.63, 3.8) is 0 Å². The molecule has 1 heterocycles. The summed E-state index contributed by atoms with van der Waals surface area (Å²) >= 11 is 0. The number of nitrogens with zero attached hydrogens (tertiary/aromatic N) is 1. The van der Waals surface area contributed by atoms with Gasteiger partial charge in [-0.15, -0.1) is 0 Å². The molecule has 22 heavy (non-hydrogen) atoms. The summed E-state index contributed by atoms with van der Waals surface area (Å²) in [5.74, 6) is -0.194. The van der Waals surface area contributed by atoms with Crippen molar-refractivity contribution in [2.75, 3.05) is 5.32 Å². The molecule has 0 saturated carbocycles. The standard InChI is InChI=1S/C16H19N3O3/c1-3-12-6-4-5-11(2)16(12)17-13(20)9-10-19-15(22)8-7-14(21)18-19/h4-8H,3,9-10H2,1-2H3,(H,17,20)(H,18,21). The predicted molar refractivity (Wildman–Crippen MR) is 85.1 cm³/mol. The fourth-order valence-electron chi connectivity index (χ4n) is 2.25. The van der Waals surface area contributed by atoms with E-state index in [1.54, 1.807) is 0 Å². The van der Waals surface area contributed by atoms with E-state index in [1.807, 2.05) is 32.0 Å². The van der Waals surface area contributed by atoms with Crippen LogP contribution in [-0.4, -0.2) is 15.7 Å². The number of hydrogen-bond donors (Lipinski definition) is 2. The van der Waals surface area contributed by atoms with Crippen LogP contribution in [0.25, 0.3) is 0 Å². The highest BCUT2D eigenvalue weighted by molar-refractivity contribution is 5.92. The zero-order valence-electron chi connectivity index (χ0n) is 12.7. The number of aryl methyl sites for hydroxylation is 3. The molecule has 0 aliphatic carbocycles. The first-order chi connectivity index (χ1) is 10.5. The van der Waals surface area contributed by atoms with Crippen molar-refractivity contribution in [3.05, 3.63) is 62.2 Å². The first-order valence-electron chi connectivity index (χ1n) is 7.19. The van der Waals surface area contributed by atoms with Gasteiger partial charge in [-0.3, -0.25) is 19.5 Å². The van der Waals surface area contributed by atoms with E-state index in [0.29, 0.717) is 0 Å². The smallest absolute Gasteiger partial charge is 0.265 e. The first kappa shape index (κ1) is 15.8. The topological polar surface area (TPSA) is 84.0 Å². The van der Waals surface area contributed by atoms with E-state index in [4.69, 9.17) is 0 Å². The Balaban J connectivity index is 2.07. The van der Waals surface area contributed by atoms with Crippen molar-refractivity contribution in [3.8, 4) is 0 Å². The van der Waals surface area contributed by atoms with E-state index in [2.05, 4.69) is 10.4 Å². The lowest BCUT2D eigenvalue weighted by Gasteiger charge is -2.13. The van der Waals surface area contributed by atoms with Gasteiger partial charge in [-0.25, -0.2) is 4.68 Å². The molecule has 0 aliphatic rings. The van der Waals surface area contributed by atoms with Crippen LogP contribution in [0.3, 0.4) is 0 Å². The molecule has 1 aromatic heterocycles. The second-order valence-electron chi connectivity index (χ2n) is 5.06. The van der Waals surface area contributed by atoms with E-state index >= 15 is 0 Å². The average Bonchev–Trinajstić information content (AvgIpc) is 2.50.